The van der Waals surface area contributed by atoms with Crippen LogP contribution in [0.2, 0.25) is 0 Å². The van der Waals surface area contributed by atoms with E-state index < -0.39 is 21.6 Å². The fraction of sp³-hybridized carbons (Fsp3) is 0.0435. The number of carbonyl (C=O) groups excluding carboxylic acids is 1. The fourth-order valence-electron chi connectivity index (χ4n) is 3.10. The Morgan fingerprint density at radius 1 is 1.00 bits per heavy atom. The highest BCUT2D eigenvalue weighted by molar-refractivity contribution is 9.10. The predicted molar refractivity (Wildman–Crippen MR) is 128 cm³/mol. The average Bonchev–Trinajstić information content (AvgIpc) is 3.21. The van der Waals surface area contributed by atoms with Gasteiger partial charge >= 0.3 is 0 Å². The third-order valence-electron chi connectivity index (χ3n) is 4.57. The molecule has 1 amide bonds. The molecule has 5 nitrogen and oxygen atoms in total. The summed E-state index contributed by atoms with van der Waals surface area (Å²) in [7, 11) is -3.54. The van der Waals surface area contributed by atoms with Gasteiger partial charge in [0.25, 0.3) is 5.91 Å². The summed E-state index contributed by atoms with van der Waals surface area (Å²) in [6.45, 7) is 0. The average molecular weight is 531 g/mol. The summed E-state index contributed by atoms with van der Waals surface area (Å²) in [5, 5.41) is 2.95. The normalized spacial score (nSPS) is 11.3. The van der Waals surface area contributed by atoms with Crippen LogP contribution in [-0.2, 0) is 9.84 Å². The number of anilines is 1. The van der Waals surface area contributed by atoms with E-state index >= 15 is 0 Å². The largest absolute Gasteiger partial charge is 0.320 e. The second-order valence-electron chi connectivity index (χ2n) is 6.93. The van der Waals surface area contributed by atoms with Gasteiger partial charge in [-0.15, -0.1) is 11.3 Å². The van der Waals surface area contributed by atoms with Crippen LogP contribution in [0.3, 0.4) is 0 Å². The van der Waals surface area contributed by atoms with Gasteiger partial charge < -0.3 is 5.32 Å². The molecule has 4 aromatic rings. The van der Waals surface area contributed by atoms with Gasteiger partial charge in [-0.1, -0.05) is 34.1 Å². The molecule has 0 spiro atoms. The Kier molecular flexibility index (Phi) is 6.23. The zero-order chi connectivity index (χ0) is 22.9. The number of amides is 1. The van der Waals surface area contributed by atoms with Crippen LogP contribution >= 0.6 is 27.3 Å². The number of carbonyl (C=O) groups is 1. The Morgan fingerprint density at radius 3 is 2.31 bits per heavy atom. The van der Waals surface area contributed by atoms with Gasteiger partial charge in [0.15, 0.2) is 14.8 Å². The Bertz CT molecular complexity index is 1400. The third-order valence-corrected chi connectivity index (χ3v) is 7.34. The molecule has 32 heavy (non-hydrogen) atoms. The lowest BCUT2D eigenvalue weighted by Crippen LogP contribution is -2.11. The lowest BCUT2D eigenvalue weighted by molar-refractivity contribution is 0.102. The molecule has 0 saturated heterocycles. The number of hydrogen-bond acceptors (Lipinski definition) is 5. The number of nitrogens with zero attached hydrogens (tertiary/aromatic N) is 1. The number of hydrogen-bond donors (Lipinski definition) is 1. The molecule has 0 aliphatic carbocycles. The molecule has 0 fully saturated rings. The zero-order valence-corrected chi connectivity index (χ0v) is 19.9. The van der Waals surface area contributed by atoms with Gasteiger partial charge in [-0.2, -0.15) is 0 Å². The van der Waals surface area contributed by atoms with Crippen molar-refractivity contribution in [1.82, 2.24) is 4.98 Å². The van der Waals surface area contributed by atoms with E-state index in [0.717, 1.165) is 22.1 Å². The van der Waals surface area contributed by atoms with Crippen molar-refractivity contribution in [3.8, 4) is 21.7 Å². The minimum atomic E-state index is -3.54. The Hall–Kier alpha value is -2.88. The van der Waals surface area contributed by atoms with E-state index in [1.165, 1.54) is 18.2 Å². The van der Waals surface area contributed by atoms with Gasteiger partial charge in [-0.3, -0.25) is 4.79 Å². The van der Waals surface area contributed by atoms with Crippen LogP contribution in [0, 0.1) is 5.82 Å². The molecule has 0 unspecified atom stereocenters. The summed E-state index contributed by atoms with van der Waals surface area (Å²) in [4.78, 5) is 18.1. The minimum Gasteiger partial charge on any atom is -0.320 e. The topological polar surface area (TPSA) is 76.1 Å². The molecule has 0 radical (unpaired) electrons. The maximum atomic E-state index is 13.5. The van der Waals surface area contributed by atoms with Crippen LogP contribution in [0.15, 0.2) is 82.2 Å². The second kappa shape index (κ2) is 8.93. The van der Waals surface area contributed by atoms with Crippen molar-refractivity contribution in [2.24, 2.45) is 0 Å². The Balaban J connectivity index is 1.84. The highest BCUT2D eigenvalue weighted by atomic mass is 79.9. The number of nitrogens with one attached hydrogen (secondary N) is 1. The molecule has 0 aliphatic rings. The molecule has 162 valence electrons. The van der Waals surface area contributed by atoms with E-state index in [0.29, 0.717) is 27.4 Å². The molecule has 0 bridgehead atoms. The summed E-state index contributed by atoms with van der Waals surface area (Å²) in [5.41, 5.74) is 2.01. The summed E-state index contributed by atoms with van der Waals surface area (Å²) in [5.74, 6) is -0.834. The van der Waals surface area contributed by atoms with Crippen LogP contribution in [0.1, 0.15) is 9.80 Å². The Morgan fingerprint density at radius 2 is 1.66 bits per heavy atom. The number of sulfone groups is 1. The van der Waals surface area contributed by atoms with Crippen molar-refractivity contribution < 1.29 is 17.6 Å². The SMILES string of the molecule is CS(=O)(=O)c1ccccc1-c1sc(C(=O)Nc2ccc(Br)cc2)nc1-c1ccc(F)cc1. The monoisotopic (exact) mass is 530 g/mol. The van der Waals surface area contributed by atoms with Gasteiger partial charge in [0.1, 0.15) is 5.82 Å². The second-order valence-corrected chi connectivity index (χ2v) is 10.8. The Labute approximate surface area is 197 Å². The molecule has 1 heterocycles. The van der Waals surface area contributed by atoms with E-state index in [9.17, 15) is 17.6 Å². The van der Waals surface area contributed by atoms with Crippen LogP contribution in [0.4, 0.5) is 10.1 Å². The first kappa shape index (κ1) is 22.3. The van der Waals surface area contributed by atoms with Crippen molar-refractivity contribution in [3.63, 3.8) is 0 Å². The first-order valence-corrected chi connectivity index (χ1v) is 12.9. The molecule has 0 aliphatic heterocycles. The van der Waals surface area contributed by atoms with Crippen molar-refractivity contribution >= 4 is 48.7 Å². The minimum absolute atomic E-state index is 0.131. The first-order chi connectivity index (χ1) is 15.2. The molecule has 0 saturated carbocycles. The van der Waals surface area contributed by atoms with Gasteiger partial charge in [0, 0.05) is 27.5 Å². The lowest BCUT2D eigenvalue weighted by atomic mass is 10.1. The maximum absolute atomic E-state index is 13.5. The standard InChI is InChI=1S/C23H16BrFN2O3S2/c1-32(29,30)19-5-3-2-4-18(19)21-20(14-6-10-16(25)11-7-14)27-23(31-21)22(28)26-17-12-8-15(24)9-13-17/h2-13H,1H3,(H,26,28). The first-order valence-electron chi connectivity index (χ1n) is 9.35. The van der Waals surface area contributed by atoms with Crippen LogP contribution in [-0.4, -0.2) is 25.6 Å². The van der Waals surface area contributed by atoms with E-state index in [4.69, 9.17) is 0 Å². The number of aromatic nitrogens is 1. The van der Waals surface area contributed by atoms with Crippen LogP contribution in [0.5, 0.6) is 0 Å². The van der Waals surface area contributed by atoms with Crippen molar-refractivity contribution in [3.05, 3.63) is 88.1 Å². The number of halogens is 2. The van der Waals surface area contributed by atoms with Crippen molar-refractivity contribution in [2.45, 2.75) is 4.90 Å². The fourth-order valence-corrected chi connectivity index (χ4v) is 5.34. The summed E-state index contributed by atoms with van der Waals surface area (Å²) in [6.07, 6.45) is 1.13. The number of benzene rings is 3. The van der Waals surface area contributed by atoms with E-state index in [-0.39, 0.29) is 9.90 Å². The summed E-state index contributed by atoms with van der Waals surface area (Å²) < 4.78 is 39.1. The smallest absolute Gasteiger partial charge is 0.284 e. The van der Waals surface area contributed by atoms with Gasteiger partial charge in [0.2, 0.25) is 0 Å². The summed E-state index contributed by atoms with van der Waals surface area (Å²) in [6, 6.07) is 19.3. The predicted octanol–water partition coefficient (Wildman–Crippen LogP) is 6.03. The molecule has 4 rings (SSSR count). The number of rotatable bonds is 5. The van der Waals surface area contributed by atoms with Gasteiger partial charge in [0.05, 0.1) is 15.5 Å². The number of thiazole rings is 1. The van der Waals surface area contributed by atoms with E-state index in [1.807, 2.05) is 0 Å². The van der Waals surface area contributed by atoms with Gasteiger partial charge in [-0.25, -0.2) is 17.8 Å². The maximum Gasteiger partial charge on any atom is 0.284 e. The molecular formula is C23H16BrFN2O3S2. The lowest BCUT2D eigenvalue weighted by Gasteiger charge is -2.08. The van der Waals surface area contributed by atoms with Crippen LogP contribution < -0.4 is 5.32 Å². The highest BCUT2D eigenvalue weighted by Gasteiger charge is 2.23. The third kappa shape index (κ3) is 4.79. The van der Waals surface area contributed by atoms with Crippen LogP contribution in [0.25, 0.3) is 21.7 Å². The molecule has 0 atom stereocenters. The van der Waals surface area contributed by atoms with E-state index in [1.54, 1.807) is 54.6 Å². The highest BCUT2D eigenvalue weighted by Crippen LogP contribution is 2.40. The molecular weight excluding hydrogens is 515 g/mol. The molecule has 1 aromatic heterocycles. The summed E-state index contributed by atoms with van der Waals surface area (Å²) >= 11 is 4.43. The molecule has 1 N–H and O–H groups in total. The van der Waals surface area contributed by atoms with Gasteiger partial charge in [-0.05, 0) is 54.6 Å². The molecule has 3 aromatic carbocycles. The quantitative estimate of drug-likeness (QED) is 0.341. The zero-order valence-electron chi connectivity index (χ0n) is 16.7. The van der Waals surface area contributed by atoms with E-state index in [2.05, 4.69) is 26.2 Å². The van der Waals surface area contributed by atoms with Crippen molar-refractivity contribution in [1.29, 1.82) is 0 Å². The van der Waals surface area contributed by atoms with Crippen molar-refractivity contribution in [2.75, 3.05) is 11.6 Å². The molecule has 9 heteroatoms.